The molecule has 0 aliphatic heterocycles. The van der Waals surface area contributed by atoms with Crippen molar-refractivity contribution in [2.75, 3.05) is 12.3 Å². The first kappa shape index (κ1) is 14.5. The molecule has 0 amide bonds. The molecule has 0 aliphatic rings. The van der Waals surface area contributed by atoms with Gasteiger partial charge in [0.05, 0.1) is 18.7 Å². The fourth-order valence-corrected chi connectivity index (χ4v) is 1.55. The van der Waals surface area contributed by atoms with Crippen molar-refractivity contribution >= 4 is 23.3 Å². The molecule has 0 bridgehead atoms. The Hall–Kier alpha value is -1.56. The van der Waals surface area contributed by atoms with Crippen LogP contribution in [0.3, 0.4) is 0 Å². The van der Waals surface area contributed by atoms with Crippen LogP contribution in [0.5, 0.6) is 5.75 Å². The number of hydrogen-bond acceptors (Lipinski definition) is 4. The molecule has 0 saturated carbocycles. The average molecular weight is 280 g/mol. The van der Waals surface area contributed by atoms with Gasteiger partial charge in [-0.05, 0) is 18.6 Å². The van der Waals surface area contributed by atoms with Crippen molar-refractivity contribution in [3.05, 3.63) is 22.7 Å². The van der Waals surface area contributed by atoms with Crippen LogP contribution in [-0.2, 0) is 16.0 Å². The molecule has 1 aromatic rings. The number of benzene rings is 1. The second-order valence-electron chi connectivity index (χ2n) is 3.31. The number of nitrogens with two attached hydrogens (primary N) is 1. The summed E-state index contributed by atoms with van der Waals surface area (Å²) in [6.07, 6.45) is -0.0750. The van der Waals surface area contributed by atoms with E-state index in [9.17, 15) is 13.6 Å². The molecule has 0 radical (unpaired) electrons. The molecule has 0 spiro atoms. The zero-order valence-corrected chi connectivity index (χ0v) is 10.3. The third kappa shape index (κ3) is 3.73. The average Bonchev–Trinajstić information content (AvgIpc) is 2.29. The molecule has 0 unspecified atom stereocenters. The topological polar surface area (TPSA) is 61.5 Å². The van der Waals surface area contributed by atoms with Crippen molar-refractivity contribution in [3.63, 3.8) is 0 Å². The van der Waals surface area contributed by atoms with Gasteiger partial charge in [-0.3, -0.25) is 4.79 Å². The smallest absolute Gasteiger partial charge is 0.387 e. The molecule has 1 aromatic carbocycles. The number of alkyl halides is 2. The zero-order valence-electron chi connectivity index (χ0n) is 9.58. The third-order valence-corrected chi connectivity index (χ3v) is 2.48. The number of rotatable bonds is 5. The number of anilines is 1. The predicted octanol–water partition coefficient (Wildman–Crippen LogP) is 2.63. The van der Waals surface area contributed by atoms with Crippen LogP contribution in [0.15, 0.2) is 12.1 Å². The number of carbonyl (C=O) groups is 1. The Balaban J connectivity index is 2.90. The first-order chi connectivity index (χ1) is 8.45. The van der Waals surface area contributed by atoms with E-state index in [1.807, 2.05) is 0 Å². The van der Waals surface area contributed by atoms with Crippen LogP contribution in [-0.4, -0.2) is 19.2 Å². The molecule has 100 valence electrons. The zero-order chi connectivity index (χ0) is 13.7. The van der Waals surface area contributed by atoms with Crippen molar-refractivity contribution in [1.29, 1.82) is 0 Å². The lowest BCUT2D eigenvalue weighted by molar-refractivity contribution is -0.142. The van der Waals surface area contributed by atoms with Crippen LogP contribution in [0.2, 0.25) is 5.02 Å². The molecule has 0 aliphatic carbocycles. The third-order valence-electron chi connectivity index (χ3n) is 2.09. The number of halogens is 3. The van der Waals surface area contributed by atoms with E-state index in [4.69, 9.17) is 22.1 Å². The fourth-order valence-electron chi connectivity index (χ4n) is 1.32. The maximum absolute atomic E-state index is 12.0. The lowest BCUT2D eigenvalue weighted by atomic mass is 10.1. The lowest BCUT2D eigenvalue weighted by Gasteiger charge is -2.11. The summed E-state index contributed by atoms with van der Waals surface area (Å²) in [6.45, 7) is -1.06. The van der Waals surface area contributed by atoms with Crippen LogP contribution in [0.25, 0.3) is 0 Å². The summed E-state index contributed by atoms with van der Waals surface area (Å²) >= 11 is 5.77. The van der Waals surface area contributed by atoms with Gasteiger partial charge in [-0.25, -0.2) is 0 Å². The Morgan fingerprint density at radius 3 is 2.72 bits per heavy atom. The van der Waals surface area contributed by atoms with E-state index in [1.165, 1.54) is 12.1 Å². The monoisotopic (exact) mass is 279 g/mol. The van der Waals surface area contributed by atoms with Crippen LogP contribution in [0, 0.1) is 0 Å². The summed E-state index contributed by atoms with van der Waals surface area (Å²) in [5, 5.41) is -0.142. The number of esters is 1. The molecule has 0 saturated heterocycles. The first-order valence-corrected chi connectivity index (χ1v) is 5.50. The number of hydrogen-bond donors (Lipinski definition) is 1. The molecule has 4 nitrogen and oxygen atoms in total. The fraction of sp³-hybridized carbons (Fsp3) is 0.364. The summed E-state index contributed by atoms with van der Waals surface area (Å²) in [7, 11) is 0. The molecule has 2 N–H and O–H groups in total. The van der Waals surface area contributed by atoms with E-state index in [0.717, 1.165) is 0 Å². The molecule has 0 aromatic heterocycles. The standard InChI is InChI=1S/C11H12ClF2NO3/c1-2-17-8(16)5-6-3-4-7(18-11(13)14)9(12)10(6)15/h3-4,11H,2,5,15H2,1H3. The van der Waals surface area contributed by atoms with E-state index < -0.39 is 12.6 Å². The van der Waals surface area contributed by atoms with Crippen molar-refractivity contribution in [2.45, 2.75) is 20.0 Å². The highest BCUT2D eigenvalue weighted by Crippen LogP contribution is 2.34. The Bertz CT molecular complexity index is 441. The summed E-state index contributed by atoms with van der Waals surface area (Å²) in [4.78, 5) is 11.3. The van der Waals surface area contributed by atoms with Crippen LogP contribution < -0.4 is 10.5 Å². The molecule has 0 heterocycles. The van der Waals surface area contributed by atoms with Gasteiger partial charge in [-0.1, -0.05) is 17.7 Å². The summed E-state index contributed by atoms with van der Waals surface area (Å²) in [5.41, 5.74) is 6.07. The molecule has 1 rings (SSSR count). The largest absolute Gasteiger partial charge is 0.466 e. The van der Waals surface area contributed by atoms with Crippen LogP contribution in [0.1, 0.15) is 12.5 Å². The quantitative estimate of drug-likeness (QED) is 0.665. The SMILES string of the molecule is CCOC(=O)Cc1ccc(OC(F)F)c(Cl)c1N. The summed E-state index contributed by atoms with van der Waals surface area (Å²) in [5.74, 6) is -0.695. The molecule has 0 atom stereocenters. The van der Waals surface area contributed by atoms with Crippen LogP contribution in [0.4, 0.5) is 14.5 Å². The number of nitrogen functional groups attached to an aromatic ring is 1. The van der Waals surface area contributed by atoms with E-state index >= 15 is 0 Å². The van der Waals surface area contributed by atoms with E-state index in [0.29, 0.717) is 5.56 Å². The van der Waals surface area contributed by atoms with Gasteiger partial charge in [0.2, 0.25) is 0 Å². The molecular weight excluding hydrogens is 268 g/mol. The summed E-state index contributed by atoms with van der Waals surface area (Å²) in [6, 6.07) is 2.63. The Labute approximate surface area is 108 Å². The van der Waals surface area contributed by atoms with E-state index in [1.54, 1.807) is 6.92 Å². The Kier molecular flexibility index (Phi) is 5.15. The van der Waals surface area contributed by atoms with Gasteiger partial charge < -0.3 is 15.2 Å². The normalized spacial score (nSPS) is 10.5. The maximum Gasteiger partial charge on any atom is 0.387 e. The molecule has 0 fully saturated rings. The lowest BCUT2D eigenvalue weighted by Crippen LogP contribution is -2.10. The van der Waals surface area contributed by atoms with E-state index in [2.05, 4.69) is 4.74 Å². The minimum Gasteiger partial charge on any atom is -0.466 e. The van der Waals surface area contributed by atoms with Crippen molar-refractivity contribution in [2.24, 2.45) is 0 Å². The van der Waals surface area contributed by atoms with Gasteiger partial charge in [-0.2, -0.15) is 8.78 Å². The van der Waals surface area contributed by atoms with Gasteiger partial charge in [-0.15, -0.1) is 0 Å². The second-order valence-corrected chi connectivity index (χ2v) is 3.69. The maximum atomic E-state index is 12.0. The molecular formula is C11H12ClF2NO3. The van der Waals surface area contributed by atoms with Crippen molar-refractivity contribution < 1.29 is 23.0 Å². The minimum atomic E-state index is -2.99. The molecule has 7 heteroatoms. The first-order valence-electron chi connectivity index (χ1n) is 5.13. The highest BCUT2D eigenvalue weighted by Gasteiger charge is 2.15. The number of carbonyl (C=O) groups excluding carboxylic acids is 1. The van der Waals surface area contributed by atoms with Gasteiger partial charge in [0.1, 0.15) is 10.8 Å². The van der Waals surface area contributed by atoms with Gasteiger partial charge >= 0.3 is 12.6 Å². The van der Waals surface area contributed by atoms with E-state index in [-0.39, 0.29) is 29.5 Å². The Morgan fingerprint density at radius 1 is 1.50 bits per heavy atom. The van der Waals surface area contributed by atoms with Gasteiger partial charge in [0.25, 0.3) is 0 Å². The summed E-state index contributed by atoms with van der Waals surface area (Å²) < 4.78 is 33.0. The van der Waals surface area contributed by atoms with Gasteiger partial charge in [0.15, 0.2) is 0 Å². The number of ether oxygens (including phenoxy) is 2. The Morgan fingerprint density at radius 2 is 2.17 bits per heavy atom. The highest BCUT2D eigenvalue weighted by atomic mass is 35.5. The predicted molar refractivity (Wildman–Crippen MR) is 62.8 cm³/mol. The van der Waals surface area contributed by atoms with Crippen molar-refractivity contribution in [3.8, 4) is 5.75 Å². The molecule has 18 heavy (non-hydrogen) atoms. The van der Waals surface area contributed by atoms with Gasteiger partial charge in [0, 0.05) is 0 Å². The highest BCUT2D eigenvalue weighted by molar-refractivity contribution is 6.34. The van der Waals surface area contributed by atoms with Crippen LogP contribution >= 0.6 is 11.6 Å². The van der Waals surface area contributed by atoms with Crippen molar-refractivity contribution in [1.82, 2.24) is 0 Å². The minimum absolute atomic E-state index is 0.0304. The second kappa shape index (κ2) is 6.39.